The molecule has 4 heterocycles. The van der Waals surface area contributed by atoms with Crippen LogP contribution in [0.2, 0.25) is 0 Å². The Kier molecular flexibility index (Phi) is 4.88. The van der Waals surface area contributed by atoms with Crippen molar-refractivity contribution >= 4 is 11.7 Å². The number of nitrogens with one attached hydrogen (secondary N) is 1. The highest BCUT2D eigenvalue weighted by Crippen LogP contribution is 2.24. The molecule has 0 saturated heterocycles. The molecule has 0 radical (unpaired) electrons. The largest absolute Gasteiger partial charge is 0.458 e. The minimum Gasteiger partial charge on any atom is -0.458 e. The van der Waals surface area contributed by atoms with Crippen LogP contribution in [0.5, 0.6) is 0 Å². The summed E-state index contributed by atoms with van der Waals surface area (Å²) >= 11 is 0. The van der Waals surface area contributed by atoms with Crippen molar-refractivity contribution < 1.29 is 9.21 Å². The molecule has 0 fully saturated rings. The van der Waals surface area contributed by atoms with Crippen LogP contribution in [0.4, 0.5) is 5.82 Å². The van der Waals surface area contributed by atoms with Gasteiger partial charge in [0.2, 0.25) is 5.91 Å². The molecule has 4 rings (SSSR count). The van der Waals surface area contributed by atoms with Crippen molar-refractivity contribution in [2.75, 3.05) is 5.32 Å². The van der Waals surface area contributed by atoms with Gasteiger partial charge in [-0.25, -0.2) is 9.97 Å². The van der Waals surface area contributed by atoms with Gasteiger partial charge in [0.15, 0.2) is 11.6 Å². The summed E-state index contributed by atoms with van der Waals surface area (Å²) in [6.45, 7) is 1.85. The average molecular weight is 371 g/mol. The topological polar surface area (TPSA) is 93.8 Å². The maximum Gasteiger partial charge on any atom is 0.230 e. The lowest BCUT2D eigenvalue weighted by Gasteiger charge is -2.08. The summed E-state index contributed by atoms with van der Waals surface area (Å²) < 4.78 is 5.65. The third kappa shape index (κ3) is 4.09. The first-order chi connectivity index (χ1) is 13.7. The minimum absolute atomic E-state index is 0.194. The van der Waals surface area contributed by atoms with Crippen LogP contribution in [0.3, 0.4) is 0 Å². The fourth-order valence-electron chi connectivity index (χ4n) is 2.70. The van der Waals surface area contributed by atoms with Crippen LogP contribution < -0.4 is 5.32 Å². The maximum atomic E-state index is 12.4. The number of hydrogen-bond acceptors (Lipinski definition) is 6. The van der Waals surface area contributed by atoms with Gasteiger partial charge >= 0.3 is 0 Å². The number of carbonyl (C=O) groups excluding carboxylic acids is 1. The van der Waals surface area contributed by atoms with Crippen molar-refractivity contribution in [3.63, 3.8) is 0 Å². The Morgan fingerprint density at radius 2 is 1.96 bits per heavy atom. The smallest absolute Gasteiger partial charge is 0.230 e. The lowest BCUT2D eigenvalue weighted by molar-refractivity contribution is -0.115. The normalized spacial score (nSPS) is 10.6. The van der Waals surface area contributed by atoms with Crippen LogP contribution >= 0.6 is 0 Å². The molecule has 4 aromatic rings. The molecule has 28 heavy (non-hydrogen) atoms. The van der Waals surface area contributed by atoms with Crippen LogP contribution in [0.15, 0.2) is 71.5 Å². The van der Waals surface area contributed by atoms with E-state index in [2.05, 4.69) is 25.3 Å². The van der Waals surface area contributed by atoms with Crippen molar-refractivity contribution in [2.24, 2.45) is 0 Å². The molecule has 0 saturated carbocycles. The van der Waals surface area contributed by atoms with Crippen LogP contribution in [0, 0.1) is 6.92 Å². The fourth-order valence-corrected chi connectivity index (χ4v) is 2.70. The molecule has 7 heteroatoms. The molecule has 0 atom stereocenters. The van der Waals surface area contributed by atoms with E-state index in [9.17, 15) is 4.79 Å². The molecule has 0 aliphatic heterocycles. The van der Waals surface area contributed by atoms with E-state index < -0.39 is 0 Å². The van der Waals surface area contributed by atoms with Gasteiger partial charge in [-0.15, -0.1) is 0 Å². The number of anilines is 1. The second-order valence-electron chi connectivity index (χ2n) is 6.17. The summed E-state index contributed by atoms with van der Waals surface area (Å²) in [7, 11) is 0. The predicted octanol–water partition coefficient (Wildman–Crippen LogP) is 3.68. The van der Waals surface area contributed by atoms with E-state index in [0.29, 0.717) is 28.8 Å². The summed E-state index contributed by atoms with van der Waals surface area (Å²) in [5, 5.41) is 2.83. The quantitative estimate of drug-likeness (QED) is 0.575. The second kappa shape index (κ2) is 7.79. The Morgan fingerprint density at radius 1 is 1.04 bits per heavy atom. The van der Waals surface area contributed by atoms with Crippen molar-refractivity contribution in [2.45, 2.75) is 13.3 Å². The van der Waals surface area contributed by atoms with E-state index in [1.807, 2.05) is 37.3 Å². The van der Waals surface area contributed by atoms with Gasteiger partial charge in [0, 0.05) is 24.7 Å². The van der Waals surface area contributed by atoms with Crippen LogP contribution in [-0.4, -0.2) is 25.8 Å². The number of pyridine rings is 2. The molecule has 1 N–H and O–H groups in total. The van der Waals surface area contributed by atoms with Gasteiger partial charge in [-0.1, -0.05) is 12.1 Å². The standard InChI is InChI=1S/C21H17N5O2/c1-14-7-8-18(28-14)21-24-17(16-6-2-3-10-23-16)12-19(26-21)25-20(27)11-15-5-4-9-22-13-15/h2-10,12-13H,11H2,1H3,(H,24,25,26,27). The molecule has 7 nitrogen and oxygen atoms in total. The van der Waals surface area contributed by atoms with Crippen molar-refractivity contribution in [3.05, 3.63) is 78.4 Å². The van der Waals surface area contributed by atoms with Gasteiger partial charge in [0.1, 0.15) is 11.6 Å². The van der Waals surface area contributed by atoms with Crippen LogP contribution in [0.25, 0.3) is 23.0 Å². The molecule has 0 aromatic carbocycles. The summed E-state index contributed by atoms with van der Waals surface area (Å²) in [5.41, 5.74) is 2.09. The maximum absolute atomic E-state index is 12.4. The van der Waals surface area contributed by atoms with E-state index in [1.165, 1.54) is 0 Å². The highest BCUT2D eigenvalue weighted by atomic mass is 16.3. The molecule has 0 aliphatic carbocycles. The number of carbonyl (C=O) groups is 1. The number of aryl methyl sites for hydroxylation is 1. The van der Waals surface area contributed by atoms with Crippen molar-refractivity contribution in [1.29, 1.82) is 0 Å². The number of furan rings is 1. The van der Waals surface area contributed by atoms with Crippen molar-refractivity contribution in [1.82, 2.24) is 19.9 Å². The van der Waals surface area contributed by atoms with Crippen molar-refractivity contribution in [3.8, 4) is 23.0 Å². The number of rotatable bonds is 5. The first kappa shape index (κ1) is 17.5. The monoisotopic (exact) mass is 371 g/mol. The molecular weight excluding hydrogens is 354 g/mol. The van der Waals surface area contributed by atoms with Gasteiger partial charge in [-0.05, 0) is 42.8 Å². The number of nitrogens with zero attached hydrogens (tertiary/aromatic N) is 4. The van der Waals surface area contributed by atoms with Gasteiger partial charge in [0.25, 0.3) is 0 Å². The van der Waals surface area contributed by atoms with Gasteiger partial charge in [0.05, 0.1) is 17.8 Å². The number of aromatic nitrogens is 4. The van der Waals surface area contributed by atoms with Crippen LogP contribution in [0.1, 0.15) is 11.3 Å². The zero-order valence-electron chi connectivity index (χ0n) is 15.2. The molecule has 138 valence electrons. The summed E-state index contributed by atoms with van der Waals surface area (Å²) in [5.74, 6) is 1.85. The average Bonchev–Trinajstić information content (AvgIpc) is 3.15. The lowest BCUT2D eigenvalue weighted by atomic mass is 10.2. The Hall–Kier alpha value is -3.87. The molecule has 0 bridgehead atoms. The fraction of sp³-hybridized carbons (Fsp3) is 0.0952. The molecule has 0 spiro atoms. The highest BCUT2D eigenvalue weighted by Gasteiger charge is 2.14. The van der Waals surface area contributed by atoms with Gasteiger partial charge in [-0.2, -0.15) is 0 Å². The second-order valence-corrected chi connectivity index (χ2v) is 6.17. The van der Waals surface area contributed by atoms with Gasteiger partial charge < -0.3 is 9.73 Å². The predicted molar refractivity (Wildman–Crippen MR) is 104 cm³/mol. The zero-order valence-corrected chi connectivity index (χ0v) is 15.2. The van der Waals surface area contributed by atoms with E-state index in [4.69, 9.17) is 4.42 Å². The third-order valence-corrected chi connectivity index (χ3v) is 3.97. The Bertz CT molecular complexity index is 1090. The first-order valence-electron chi connectivity index (χ1n) is 8.73. The number of amides is 1. The molecule has 4 aromatic heterocycles. The van der Waals surface area contributed by atoms with Gasteiger partial charge in [-0.3, -0.25) is 14.8 Å². The first-order valence-corrected chi connectivity index (χ1v) is 8.73. The zero-order chi connectivity index (χ0) is 19.3. The third-order valence-electron chi connectivity index (χ3n) is 3.97. The molecule has 0 aliphatic rings. The molecular formula is C21H17N5O2. The molecule has 0 unspecified atom stereocenters. The van der Waals surface area contributed by atoms with E-state index in [-0.39, 0.29) is 12.3 Å². The summed E-state index contributed by atoms with van der Waals surface area (Å²) in [6.07, 6.45) is 5.22. The Morgan fingerprint density at radius 3 is 2.68 bits per heavy atom. The summed E-state index contributed by atoms with van der Waals surface area (Å²) in [4.78, 5) is 29.8. The van der Waals surface area contributed by atoms with E-state index >= 15 is 0 Å². The highest BCUT2D eigenvalue weighted by molar-refractivity contribution is 5.92. The lowest BCUT2D eigenvalue weighted by Crippen LogP contribution is -2.16. The SMILES string of the molecule is Cc1ccc(-c2nc(NC(=O)Cc3cccnc3)cc(-c3ccccn3)n2)o1. The number of hydrogen-bond donors (Lipinski definition) is 1. The van der Waals surface area contributed by atoms with E-state index in [1.54, 1.807) is 36.8 Å². The minimum atomic E-state index is -0.194. The van der Waals surface area contributed by atoms with E-state index in [0.717, 1.165) is 11.3 Å². The van der Waals surface area contributed by atoms with Crippen LogP contribution in [-0.2, 0) is 11.2 Å². The Labute approximate surface area is 161 Å². The Balaban J connectivity index is 1.66. The molecule has 1 amide bonds. The summed E-state index contributed by atoms with van der Waals surface area (Å²) in [6, 6.07) is 14.5.